The molecule has 0 saturated carbocycles. The lowest BCUT2D eigenvalue weighted by Crippen LogP contribution is -2.29. The summed E-state index contributed by atoms with van der Waals surface area (Å²) in [5.41, 5.74) is 0. The fraction of sp³-hybridized carbons (Fsp3) is 0.947. The van der Waals surface area contributed by atoms with Crippen molar-refractivity contribution in [1.82, 2.24) is 10.6 Å². The molecule has 42 heavy (non-hydrogen) atoms. The summed E-state index contributed by atoms with van der Waals surface area (Å²) in [6, 6.07) is 0. The van der Waals surface area contributed by atoms with Crippen molar-refractivity contribution in [1.29, 1.82) is 0 Å². The molecule has 0 radical (unpaired) electrons. The van der Waals surface area contributed by atoms with Gasteiger partial charge < -0.3 is 5.32 Å². The van der Waals surface area contributed by atoms with E-state index in [0.29, 0.717) is 12.8 Å². The molecule has 252 valence electrons. The third-order valence-corrected chi connectivity index (χ3v) is 8.15. The highest BCUT2D eigenvalue weighted by Crippen LogP contribution is 2.14. The van der Waals surface area contributed by atoms with Gasteiger partial charge in [-0.05, 0) is 38.8 Å². The summed E-state index contributed by atoms with van der Waals surface area (Å²) in [6.45, 7) is 11.3. The first-order valence-electron chi connectivity index (χ1n) is 19.2. The van der Waals surface area contributed by atoms with Crippen LogP contribution in [0.2, 0.25) is 0 Å². The van der Waals surface area contributed by atoms with Gasteiger partial charge in [0.15, 0.2) is 0 Å². The normalized spacial score (nSPS) is 10.9. The molecule has 0 aliphatic heterocycles. The van der Waals surface area contributed by atoms with Crippen LogP contribution < -0.4 is 10.6 Å². The highest BCUT2D eigenvalue weighted by molar-refractivity contribution is 5.95. The molecule has 2 amide bonds. The van der Waals surface area contributed by atoms with Crippen LogP contribution in [-0.2, 0) is 9.59 Å². The summed E-state index contributed by atoms with van der Waals surface area (Å²) in [6.07, 6.45) is 37.4. The molecular weight excluding hydrogens is 516 g/mol. The highest BCUT2D eigenvalue weighted by atomic mass is 16.2. The fourth-order valence-corrected chi connectivity index (χ4v) is 5.37. The van der Waals surface area contributed by atoms with Gasteiger partial charge in [0.1, 0.15) is 0 Å². The van der Waals surface area contributed by atoms with Crippen molar-refractivity contribution in [2.75, 3.05) is 13.1 Å². The van der Waals surface area contributed by atoms with Crippen molar-refractivity contribution in [2.45, 2.75) is 220 Å². The first kappa shape index (κ1) is 43.2. The lowest BCUT2D eigenvalue weighted by Gasteiger charge is -2.05. The molecule has 0 aromatic carbocycles. The molecular formula is C38H78N2O2. The molecule has 4 heteroatoms. The third-order valence-electron chi connectivity index (χ3n) is 8.15. The number of amides is 2. The van der Waals surface area contributed by atoms with Gasteiger partial charge in [0.05, 0.1) is 0 Å². The Morgan fingerprint density at radius 2 is 0.571 bits per heavy atom. The zero-order chi connectivity index (χ0) is 31.2. The zero-order valence-electron chi connectivity index (χ0n) is 29.4. The predicted molar refractivity (Wildman–Crippen MR) is 187 cm³/mol. The van der Waals surface area contributed by atoms with Crippen LogP contribution in [-0.4, -0.2) is 24.9 Å². The summed E-state index contributed by atoms with van der Waals surface area (Å²) in [7, 11) is 0. The number of nitrogens with one attached hydrogen (secondary N) is 2. The molecule has 0 unspecified atom stereocenters. The highest BCUT2D eigenvalue weighted by Gasteiger charge is 2.07. The Bertz CT molecular complexity index is 479. The number of rotatable bonds is 32. The maximum absolute atomic E-state index is 12.0. The monoisotopic (exact) mass is 595 g/mol. The minimum Gasteiger partial charge on any atom is -0.317 e. The van der Waals surface area contributed by atoms with Gasteiger partial charge in [-0.2, -0.15) is 0 Å². The molecule has 0 heterocycles. The van der Waals surface area contributed by atoms with E-state index in [2.05, 4.69) is 38.3 Å². The van der Waals surface area contributed by atoms with Gasteiger partial charge in [-0.25, -0.2) is 0 Å². The quantitative estimate of drug-likeness (QED) is 0.0761. The Morgan fingerprint density at radius 3 is 0.810 bits per heavy atom. The van der Waals surface area contributed by atoms with E-state index in [1.165, 1.54) is 167 Å². The largest absolute Gasteiger partial charge is 0.317 e. The predicted octanol–water partition coefficient (Wildman–Crippen LogP) is 12.0. The number of carbonyl (C=O) groups is 2. The van der Waals surface area contributed by atoms with Gasteiger partial charge in [-0.3, -0.25) is 14.9 Å². The molecule has 0 rings (SSSR count). The number of carbonyl (C=O) groups excluding carboxylic acids is 2. The van der Waals surface area contributed by atoms with Crippen LogP contribution in [0.25, 0.3) is 0 Å². The Hall–Kier alpha value is -0.900. The van der Waals surface area contributed by atoms with Gasteiger partial charge in [0, 0.05) is 12.8 Å². The van der Waals surface area contributed by atoms with E-state index in [4.69, 9.17) is 0 Å². The van der Waals surface area contributed by atoms with Crippen LogP contribution >= 0.6 is 0 Å². The van der Waals surface area contributed by atoms with Gasteiger partial charge in [-0.15, -0.1) is 0 Å². The molecule has 0 bridgehead atoms. The average Bonchev–Trinajstić information content (AvgIpc) is 2.98. The average molecular weight is 595 g/mol. The molecule has 0 aliphatic carbocycles. The SMILES string of the molecule is CCCCCCCCCCCCCCCC(=O)NC(=O)CCCCCCCCCCCCCCC.CCCNCCC. The molecule has 0 saturated heterocycles. The minimum absolute atomic E-state index is 0.0761. The molecule has 0 aromatic rings. The van der Waals surface area contributed by atoms with E-state index in [0.717, 1.165) is 25.7 Å². The topological polar surface area (TPSA) is 58.2 Å². The molecule has 0 aromatic heterocycles. The standard InChI is InChI=1S/C32H63NO2.C6H15N/c1-3-5-7-9-11-13-15-17-19-21-23-25-27-29-31(34)33-32(35)30-28-26-24-22-20-18-16-14-12-10-8-6-4-2;1-3-5-7-6-4-2/h3-30H2,1-2H3,(H,33,34,35);7H,3-6H2,1-2H3. The van der Waals surface area contributed by atoms with E-state index in [9.17, 15) is 9.59 Å². The van der Waals surface area contributed by atoms with Crippen molar-refractivity contribution < 1.29 is 9.59 Å². The third kappa shape index (κ3) is 41.2. The second-order valence-corrected chi connectivity index (χ2v) is 12.7. The zero-order valence-corrected chi connectivity index (χ0v) is 29.4. The molecule has 0 aliphatic rings. The number of imide groups is 1. The number of unbranched alkanes of at least 4 members (excludes halogenated alkanes) is 24. The van der Waals surface area contributed by atoms with Crippen LogP contribution in [0.3, 0.4) is 0 Å². The molecule has 2 N–H and O–H groups in total. The van der Waals surface area contributed by atoms with Crippen molar-refractivity contribution in [3.63, 3.8) is 0 Å². The summed E-state index contributed by atoms with van der Waals surface area (Å²) in [4.78, 5) is 23.9. The van der Waals surface area contributed by atoms with E-state index < -0.39 is 0 Å². The number of hydrogen-bond donors (Lipinski definition) is 2. The van der Waals surface area contributed by atoms with E-state index >= 15 is 0 Å². The van der Waals surface area contributed by atoms with Crippen LogP contribution in [0.1, 0.15) is 220 Å². The Kier molecular flexibility index (Phi) is 41.3. The van der Waals surface area contributed by atoms with Crippen molar-refractivity contribution in [3.05, 3.63) is 0 Å². The van der Waals surface area contributed by atoms with Crippen LogP contribution in [0.15, 0.2) is 0 Å². The van der Waals surface area contributed by atoms with Crippen molar-refractivity contribution in [3.8, 4) is 0 Å². The maximum atomic E-state index is 12.0. The lowest BCUT2D eigenvalue weighted by molar-refractivity contribution is -0.130. The Labute approximate surface area is 265 Å². The lowest BCUT2D eigenvalue weighted by atomic mass is 10.0. The first-order valence-corrected chi connectivity index (χ1v) is 19.2. The Morgan fingerprint density at radius 1 is 0.333 bits per heavy atom. The number of hydrogen-bond acceptors (Lipinski definition) is 3. The Balaban J connectivity index is 0. The maximum Gasteiger partial charge on any atom is 0.226 e. The van der Waals surface area contributed by atoms with E-state index in [1.54, 1.807) is 0 Å². The van der Waals surface area contributed by atoms with E-state index in [-0.39, 0.29) is 11.8 Å². The van der Waals surface area contributed by atoms with Crippen LogP contribution in [0.4, 0.5) is 0 Å². The van der Waals surface area contributed by atoms with Crippen LogP contribution in [0, 0.1) is 0 Å². The van der Waals surface area contributed by atoms with Crippen molar-refractivity contribution in [2.24, 2.45) is 0 Å². The fourth-order valence-electron chi connectivity index (χ4n) is 5.37. The first-order chi connectivity index (χ1) is 20.6. The molecule has 0 spiro atoms. The van der Waals surface area contributed by atoms with E-state index in [1.807, 2.05) is 0 Å². The summed E-state index contributed by atoms with van der Waals surface area (Å²) < 4.78 is 0. The molecule has 0 fully saturated rings. The smallest absolute Gasteiger partial charge is 0.226 e. The molecule has 4 nitrogen and oxygen atoms in total. The second kappa shape index (κ2) is 40.1. The van der Waals surface area contributed by atoms with Gasteiger partial charge >= 0.3 is 0 Å². The van der Waals surface area contributed by atoms with Gasteiger partial charge in [-0.1, -0.05) is 182 Å². The summed E-state index contributed by atoms with van der Waals surface area (Å²) in [5, 5.41) is 5.87. The van der Waals surface area contributed by atoms with Gasteiger partial charge in [0.2, 0.25) is 11.8 Å². The van der Waals surface area contributed by atoms with Crippen molar-refractivity contribution >= 4 is 11.8 Å². The summed E-state index contributed by atoms with van der Waals surface area (Å²) in [5.74, 6) is -0.152. The minimum atomic E-state index is -0.0761. The van der Waals surface area contributed by atoms with Crippen LogP contribution in [0.5, 0.6) is 0 Å². The summed E-state index contributed by atoms with van der Waals surface area (Å²) >= 11 is 0. The van der Waals surface area contributed by atoms with Gasteiger partial charge in [0.25, 0.3) is 0 Å². The molecule has 0 atom stereocenters. The second-order valence-electron chi connectivity index (χ2n) is 12.7.